The van der Waals surface area contributed by atoms with Crippen LogP contribution >= 0.6 is 0 Å². The summed E-state index contributed by atoms with van der Waals surface area (Å²) in [6.45, 7) is 0. The van der Waals surface area contributed by atoms with Gasteiger partial charge in [-0.05, 0) is 46.7 Å². The number of fused-ring (bicyclic) bond motifs is 1. The molecule has 0 aliphatic heterocycles. The Labute approximate surface area is 156 Å². The zero-order chi connectivity index (χ0) is 18.6. The summed E-state index contributed by atoms with van der Waals surface area (Å²) in [5.41, 5.74) is 9.08. The first-order chi connectivity index (χ1) is 13.2. The largest absolute Gasteiger partial charge is 0.368 e. The topological polar surface area (TPSA) is 80.9 Å². The van der Waals surface area contributed by atoms with Crippen LogP contribution in [0.5, 0.6) is 0 Å². The van der Waals surface area contributed by atoms with Gasteiger partial charge in [-0.2, -0.15) is 0 Å². The van der Waals surface area contributed by atoms with Gasteiger partial charge >= 0.3 is 0 Å². The average molecular weight is 354 g/mol. The molecule has 0 radical (unpaired) electrons. The van der Waals surface area contributed by atoms with E-state index in [0.717, 1.165) is 27.7 Å². The predicted molar refractivity (Wildman–Crippen MR) is 108 cm³/mol. The summed E-state index contributed by atoms with van der Waals surface area (Å²) in [6.07, 6.45) is 2.36. The standard InChI is InChI=1S/C22H18N4O/c23-22-24-11-10-20(26-22)13-15-6-7-18-14-19(9-8-17(18)12-15)25-21(27)16-4-2-1-3-5-16/h1-12,14H,13H2,(H,25,27)(H2,23,24,26). The van der Waals surface area contributed by atoms with Crippen molar-refractivity contribution in [3.05, 3.63) is 95.8 Å². The van der Waals surface area contributed by atoms with Crippen molar-refractivity contribution in [3.63, 3.8) is 0 Å². The zero-order valence-electron chi connectivity index (χ0n) is 14.6. The summed E-state index contributed by atoms with van der Waals surface area (Å²) >= 11 is 0. The van der Waals surface area contributed by atoms with Gasteiger partial charge in [0.1, 0.15) is 0 Å². The van der Waals surface area contributed by atoms with Crippen molar-refractivity contribution in [2.24, 2.45) is 0 Å². The van der Waals surface area contributed by atoms with Gasteiger partial charge in [0.15, 0.2) is 0 Å². The van der Waals surface area contributed by atoms with Crippen molar-refractivity contribution in [1.29, 1.82) is 0 Å². The minimum atomic E-state index is -0.118. The van der Waals surface area contributed by atoms with Gasteiger partial charge < -0.3 is 11.1 Å². The molecule has 1 heterocycles. The van der Waals surface area contributed by atoms with E-state index in [1.807, 2.05) is 48.5 Å². The van der Waals surface area contributed by atoms with Crippen molar-refractivity contribution in [2.45, 2.75) is 6.42 Å². The second kappa shape index (κ2) is 7.25. The molecule has 132 valence electrons. The van der Waals surface area contributed by atoms with Gasteiger partial charge in [-0.3, -0.25) is 4.79 Å². The number of anilines is 2. The van der Waals surface area contributed by atoms with Crippen molar-refractivity contribution >= 4 is 28.3 Å². The zero-order valence-corrected chi connectivity index (χ0v) is 14.6. The Morgan fingerprint density at radius 1 is 0.926 bits per heavy atom. The number of nitrogen functional groups attached to an aromatic ring is 1. The van der Waals surface area contributed by atoms with Crippen LogP contribution in [0.25, 0.3) is 10.8 Å². The van der Waals surface area contributed by atoms with Gasteiger partial charge in [0, 0.05) is 23.9 Å². The molecule has 4 aromatic rings. The minimum Gasteiger partial charge on any atom is -0.368 e. The Balaban J connectivity index is 1.54. The summed E-state index contributed by atoms with van der Waals surface area (Å²) in [4.78, 5) is 20.5. The highest BCUT2D eigenvalue weighted by atomic mass is 16.1. The number of aromatic nitrogens is 2. The molecule has 0 bridgehead atoms. The smallest absolute Gasteiger partial charge is 0.255 e. The Kier molecular flexibility index (Phi) is 4.49. The third-order valence-electron chi connectivity index (χ3n) is 4.32. The second-order valence-corrected chi connectivity index (χ2v) is 6.30. The monoisotopic (exact) mass is 354 g/mol. The number of hydrogen-bond acceptors (Lipinski definition) is 4. The lowest BCUT2D eigenvalue weighted by Gasteiger charge is -2.08. The Morgan fingerprint density at radius 3 is 2.52 bits per heavy atom. The minimum absolute atomic E-state index is 0.118. The number of rotatable bonds is 4. The molecule has 0 unspecified atom stereocenters. The highest BCUT2D eigenvalue weighted by molar-refractivity contribution is 6.05. The van der Waals surface area contributed by atoms with Crippen LogP contribution in [-0.2, 0) is 6.42 Å². The maximum absolute atomic E-state index is 12.3. The van der Waals surface area contributed by atoms with Crippen LogP contribution in [0.15, 0.2) is 79.0 Å². The summed E-state index contributed by atoms with van der Waals surface area (Å²) in [7, 11) is 0. The van der Waals surface area contributed by atoms with E-state index in [-0.39, 0.29) is 11.9 Å². The van der Waals surface area contributed by atoms with Crippen molar-refractivity contribution in [2.75, 3.05) is 11.1 Å². The van der Waals surface area contributed by atoms with Crippen LogP contribution in [0.2, 0.25) is 0 Å². The van der Waals surface area contributed by atoms with E-state index in [2.05, 4.69) is 27.4 Å². The van der Waals surface area contributed by atoms with Crippen LogP contribution in [0.4, 0.5) is 11.6 Å². The molecule has 4 rings (SSSR count). The molecule has 0 aliphatic rings. The molecular weight excluding hydrogens is 336 g/mol. The van der Waals surface area contributed by atoms with E-state index in [0.29, 0.717) is 12.0 Å². The maximum Gasteiger partial charge on any atom is 0.255 e. The first-order valence-corrected chi connectivity index (χ1v) is 8.64. The molecule has 27 heavy (non-hydrogen) atoms. The fourth-order valence-corrected chi connectivity index (χ4v) is 3.00. The molecule has 0 atom stereocenters. The molecular formula is C22H18N4O. The molecule has 0 fully saturated rings. The van der Waals surface area contributed by atoms with Crippen LogP contribution in [-0.4, -0.2) is 15.9 Å². The fraction of sp³-hybridized carbons (Fsp3) is 0.0455. The summed E-state index contributed by atoms with van der Waals surface area (Å²) in [5, 5.41) is 5.11. The van der Waals surface area contributed by atoms with E-state index in [1.165, 1.54) is 0 Å². The van der Waals surface area contributed by atoms with Gasteiger partial charge in [0.05, 0.1) is 5.69 Å². The highest BCUT2D eigenvalue weighted by Gasteiger charge is 2.06. The Hall–Kier alpha value is -3.73. The number of benzene rings is 3. The molecule has 5 heteroatoms. The number of nitrogens with one attached hydrogen (secondary N) is 1. The van der Waals surface area contributed by atoms with Crippen molar-refractivity contribution in [3.8, 4) is 0 Å². The number of nitrogens with zero attached hydrogens (tertiary/aromatic N) is 2. The normalized spacial score (nSPS) is 10.7. The van der Waals surface area contributed by atoms with Gasteiger partial charge in [0.25, 0.3) is 5.91 Å². The lowest BCUT2D eigenvalue weighted by Crippen LogP contribution is -2.11. The van der Waals surface area contributed by atoms with Gasteiger partial charge in [-0.25, -0.2) is 9.97 Å². The molecule has 0 saturated carbocycles. The van der Waals surface area contributed by atoms with E-state index in [9.17, 15) is 4.79 Å². The van der Waals surface area contributed by atoms with Crippen LogP contribution < -0.4 is 11.1 Å². The average Bonchev–Trinajstić information content (AvgIpc) is 2.69. The summed E-state index contributed by atoms with van der Waals surface area (Å²) in [5.74, 6) is 0.167. The van der Waals surface area contributed by atoms with E-state index in [1.54, 1.807) is 18.3 Å². The van der Waals surface area contributed by atoms with E-state index < -0.39 is 0 Å². The van der Waals surface area contributed by atoms with Gasteiger partial charge in [-0.1, -0.05) is 42.5 Å². The van der Waals surface area contributed by atoms with Gasteiger partial charge in [-0.15, -0.1) is 0 Å². The van der Waals surface area contributed by atoms with Crippen molar-refractivity contribution in [1.82, 2.24) is 9.97 Å². The van der Waals surface area contributed by atoms with Crippen LogP contribution in [0, 0.1) is 0 Å². The molecule has 0 saturated heterocycles. The molecule has 3 N–H and O–H groups in total. The third-order valence-corrected chi connectivity index (χ3v) is 4.32. The second-order valence-electron chi connectivity index (χ2n) is 6.30. The molecule has 5 nitrogen and oxygen atoms in total. The molecule has 1 aromatic heterocycles. The van der Waals surface area contributed by atoms with Crippen molar-refractivity contribution < 1.29 is 4.79 Å². The number of hydrogen-bond donors (Lipinski definition) is 2. The first-order valence-electron chi connectivity index (χ1n) is 8.64. The fourth-order valence-electron chi connectivity index (χ4n) is 3.00. The summed E-state index contributed by atoms with van der Waals surface area (Å²) < 4.78 is 0. The van der Waals surface area contributed by atoms with Gasteiger partial charge in [0.2, 0.25) is 5.95 Å². The molecule has 1 amide bonds. The number of amides is 1. The lowest BCUT2D eigenvalue weighted by molar-refractivity contribution is 0.102. The highest BCUT2D eigenvalue weighted by Crippen LogP contribution is 2.22. The quantitative estimate of drug-likeness (QED) is 0.579. The number of carbonyl (C=O) groups is 1. The van der Waals surface area contributed by atoms with E-state index >= 15 is 0 Å². The molecule has 0 spiro atoms. The number of carbonyl (C=O) groups excluding carboxylic acids is 1. The SMILES string of the molecule is Nc1nccc(Cc2ccc3cc(NC(=O)c4ccccc4)ccc3c2)n1. The maximum atomic E-state index is 12.3. The number of nitrogens with two attached hydrogens (primary N) is 1. The third kappa shape index (κ3) is 3.93. The summed E-state index contributed by atoms with van der Waals surface area (Å²) in [6, 6.07) is 23.2. The predicted octanol–water partition coefficient (Wildman–Crippen LogP) is 4.06. The Bertz CT molecular complexity index is 1110. The Morgan fingerprint density at radius 2 is 1.70 bits per heavy atom. The van der Waals surface area contributed by atoms with Crippen LogP contribution in [0.1, 0.15) is 21.6 Å². The lowest BCUT2D eigenvalue weighted by atomic mass is 10.0. The first kappa shape index (κ1) is 16.7. The van der Waals surface area contributed by atoms with E-state index in [4.69, 9.17) is 5.73 Å². The van der Waals surface area contributed by atoms with Crippen LogP contribution in [0.3, 0.4) is 0 Å². The molecule has 3 aromatic carbocycles. The molecule has 0 aliphatic carbocycles.